The number of nitro groups is 1. The number of furan rings is 1. The molecule has 0 fully saturated rings. The zero-order chi connectivity index (χ0) is 27.1. The van der Waals surface area contributed by atoms with Gasteiger partial charge in [0.05, 0.1) is 23.0 Å². The van der Waals surface area contributed by atoms with Crippen LogP contribution in [0.4, 0.5) is 11.4 Å². The molecule has 0 aliphatic heterocycles. The molecule has 0 saturated heterocycles. The zero-order valence-electron chi connectivity index (χ0n) is 19.9. The van der Waals surface area contributed by atoms with Crippen molar-refractivity contribution >= 4 is 35.4 Å². The molecule has 0 aliphatic carbocycles. The summed E-state index contributed by atoms with van der Waals surface area (Å²) in [6, 6.07) is 19.5. The second-order valence-electron chi connectivity index (χ2n) is 7.95. The number of rotatable bonds is 8. The SMILES string of the molecule is Cc1cccc(C(=O)Oc2ccc([N+](=O)[O-])cc2/C=N/NC(=O)c2ccc(NC(=O)c3ccco3)cc2)c1. The molecule has 1 heterocycles. The van der Waals surface area contributed by atoms with Crippen molar-refractivity contribution in [2.75, 3.05) is 5.32 Å². The molecule has 0 aliphatic rings. The Hall–Kier alpha value is -5.58. The number of nitro benzene ring substituents is 1. The van der Waals surface area contributed by atoms with Crippen molar-refractivity contribution in [2.24, 2.45) is 5.10 Å². The highest BCUT2D eigenvalue weighted by Crippen LogP contribution is 2.24. The smallest absolute Gasteiger partial charge is 0.343 e. The molecule has 190 valence electrons. The van der Waals surface area contributed by atoms with E-state index in [-0.39, 0.29) is 28.3 Å². The van der Waals surface area contributed by atoms with Crippen molar-refractivity contribution in [1.82, 2.24) is 5.43 Å². The third-order valence-corrected chi connectivity index (χ3v) is 5.18. The predicted octanol–water partition coefficient (Wildman–Crippen LogP) is 4.73. The van der Waals surface area contributed by atoms with Gasteiger partial charge in [0.1, 0.15) is 5.75 Å². The lowest BCUT2D eigenvalue weighted by atomic mass is 10.1. The monoisotopic (exact) mass is 512 g/mol. The number of ether oxygens (including phenoxy) is 1. The highest BCUT2D eigenvalue weighted by molar-refractivity contribution is 6.02. The first kappa shape index (κ1) is 25.5. The maximum Gasteiger partial charge on any atom is 0.343 e. The van der Waals surface area contributed by atoms with Gasteiger partial charge >= 0.3 is 5.97 Å². The van der Waals surface area contributed by atoms with Gasteiger partial charge in [0.15, 0.2) is 5.76 Å². The molecule has 0 unspecified atom stereocenters. The van der Waals surface area contributed by atoms with Crippen LogP contribution in [-0.2, 0) is 0 Å². The third-order valence-electron chi connectivity index (χ3n) is 5.18. The van der Waals surface area contributed by atoms with E-state index in [4.69, 9.17) is 9.15 Å². The molecule has 3 aromatic carbocycles. The quantitative estimate of drug-likeness (QED) is 0.114. The van der Waals surface area contributed by atoms with Gasteiger partial charge < -0.3 is 14.5 Å². The Balaban J connectivity index is 1.44. The van der Waals surface area contributed by atoms with E-state index in [0.717, 1.165) is 11.8 Å². The van der Waals surface area contributed by atoms with Crippen molar-refractivity contribution in [3.8, 4) is 5.75 Å². The summed E-state index contributed by atoms with van der Waals surface area (Å²) >= 11 is 0. The van der Waals surface area contributed by atoms with E-state index in [9.17, 15) is 24.5 Å². The lowest BCUT2D eigenvalue weighted by Crippen LogP contribution is -2.18. The summed E-state index contributed by atoms with van der Waals surface area (Å²) < 4.78 is 10.5. The average molecular weight is 512 g/mol. The van der Waals surface area contributed by atoms with Crippen LogP contribution in [0.5, 0.6) is 5.75 Å². The fraction of sp³-hybridized carbons (Fsp3) is 0.0370. The highest BCUT2D eigenvalue weighted by atomic mass is 16.6. The Labute approximate surface area is 215 Å². The summed E-state index contributed by atoms with van der Waals surface area (Å²) in [7, 11) is 0. The third kappa shape index (κ3) is 6.34. The number of aryl methyl sites for hydroxylation is 1. The van der Waals surface area contributed by atoms with Crippen LogP contribution < -0.4 is 15.5 Å². The fourth-order valence-corrected chi connectivity index (χ4v) is 3.30. The Bertz CT molecular complexity index is 1530. The van der Waals surface area contributed by atoms with E-state index in [1.165, 1.54) is 54.8 Å². The number of esters is 1. The lowest BCUT2D eigenvalue weighted by Gasteiger charge is -2.08. The Kier molecular flexibility index (Phi) is 7.68. The number of hydrazone groups is 1. The van der Waals surface area contributed by atoms with Crippen LogP contribution in [0.15, 0.2) is 94.6 Å². The van der Waals surface area contributed by atoms with Crippen molar-refractivity contribution in [3.05, 3.63) is 123 Å². The molecule has 2 N–H and O–H groups in total. The van der Waals surface area contributed by atoms with Crippen molar-refractivity contribution in [3.63, 3.8) is 0 Å². The summed E-state index contributed by atoms with van der Waals surface area (Å²) in [6.45, 7) is 1.83. The molecule has 0 radical (unpaired) electrons. The van der Waals surface area contributed by atoms with Gasteiger partial charge in [0.2, 0.25) is 0 Å². The van der Waals surface area contributed by atoms with Crippen LogP contribution in [0.3, 0.4) is 0 Å². The molecule has 38 heavy (non-hydrogen) atoms. The molecule has 2 amide bonds. The Morgan fingerprint density at radius 3 is 2.42 bits per heavy atom. The number of carbonyl (C=O) groups excluding carboxylic acids is 3. The maximum absolute atomic E-state index is 12.6. The van der Waals surface area contributed by atoms with E-state index < -0.39 is 22.7 Å². The molecule has 0 atom stereocenters. The number of hydrogen-bond donors (Lipinski definition) is 2. The van der Waals surface area contributed by atoms with Gasteiger partial charge in [-0.25, -0.2) is 10.2 Å². The van der Waals surface area contributed by atoms with Crippen molar-refractivity contribution in [1.29, 1.82) is 0 Å². The zero-order valence-corrected chi connectivity index (χ0v) is 19.9. The van der Waals surface area contributed by atoms with E-state index >= 15 is 0 Å². The van der Waals surface area contributed by atoms with E-state index in [1.807, 2.05) is 13.0 Å². The minimum atomic E-state index is -0.652. The van der Waals surface area contributed by atoms with Gasteiger partial charge in [-0.1, -0.05) is 17.7 Å². The normalized spacial score (nSPS) is 10.7. The minimum absolute atomic E-state index is 0.0248. The van der Waals surface area contributed by atoms with E-state index in [0.29, 0.717) is 11.3 Å². The summed E-state index contributed by atoms with van der Waals surface area (Å²) in [5, 5.41) is 17.7. The number of benzene rings is 3. The van der Waals surface area contributed by atoms with Crippen LogP contribution >= 0.6 is 0 Å². The first-order valence-electron chi connectivity index (χ1n) is 11.2. The van der Waals surface area contributed by atoms with E-state index in [1.54, 1.807) is 24.3 Å². The van der Waals surface area contributed by atoms with E-state index in [2.05, 4.69) is 15.8 Å². The van der Waals surface area contributed by atoms with Gasteiger partial charge in [0.25, 0.3) is 17.5 Å². The van der Waals surface area contributed by atoms with Gasteiger partial charge in [-0.2, -0.15) is 5.10 Å². The van der Waals surface area contributed by atoms with Gasteiger partial charge in [-0.05, 0) is 61.5 Å². The van der Waals surface area contributed by atoms with Crippen LogP contribution in [-0.4, -0.2) is 28.9 Å². The molecule has 11 nitrogen and oxygen atoms in total. The molecule has 11 heteroatoms. The van der Waals surface area contributed by atoms with Crippen LogP contribution in [0.2, 0.25) is 0 Å². The molecule has 0 bridgehead atoms. The number of hydrogen-bond acceptors (Lipinski definition) is 8. The second kappa shape index (κ2) is 11.4. The summed E-state index contributed by atoms with van der Waals surface area (Å²) in [5.74, 6) is -1.50. The molecular formula is C27H20N4O7. The first-order valence-corrected chi connectivity index (χ1v) is 11.2. The molecule has 4 aromatic rings. The number of amides is 2. The standard InChI is InChI=1S/C27H20N4O7/c1-17-4-2-5-19(14-17)27(34)38-23-12-11-22(31(35)36)15-20(23)16-28-30-25(32)18-7-9-21(10-8-18)29-26(33)24-6-3-13-37-24/h2-16H,1H3,(H,29,33)(H,30,32)/b28-16+. The van der Waals surface area contributed by atoms with Crippen molar-refractivity contribution < 1.29 is 28.5 Å². The van der Waals surface area contributed by atoms with Gasteiger partial charge in [-0.15, -0.1) is 0 Å². The number of nitrogens with zero attached hydrogens (tertiary/aromatic N) is 2. The average Bonchev–Trinajstić information content (AvgIpc) is 3.45. The van der Waals surface area contributed by atoms with Crippen LogP contribution in [0.1, 0.15) is 42.4 Å². The van der Waals surface area contributed by atoms with Gasteiger partial charge in [-0.3, -0.25) is 19.7 Å². The van der Waals surface area contributed by atoms with Gasteiger partial charge in [0, 0.05) is 28.9 Å². The Morgan fingerprint density at radius 1 is 0.947 bits per heavy atom. The largest absolute Gasteiger partial charge is 0.459 e. The topological polar surface area (TPSA) is 153 Å². The second-order valence-corrected chi connectivity index (χ2v) is 7.95. The lowest BCUT2D eigenvalue weighted by molar-refractivity contribution is -0.384. The molecular weight excluding hydrogens is 492 g/mol. The number of carbonyl (C=O) groups is 3. The van der Waals surface area contributed by atoms with Crippen LogP contribution in [0, 0.1) is 17.0 Å². The predicted molar refractivity (Wildman–Crippen MR) is 137 cm³/mol. The molecule has 1 aromatic heterocycles. The molecule has 0 saturated carbocycles. The molecule has 0 spiro atoms. The Morgan fingerprint density at radius 2 is 1.74 bits per heavy atom. The maximum atomic E-state index is 12.6. The number of nitrogens with one attached hydrogen (secondary N) is 2. The minimum Gasteiger partial charge on any atom is -0.459 e. The summed E-state index contributed by atoms with van der Waals surface area (Å²) in [4.78, 5) is 47.7. The van der Waals surface area contributed by atoms with Crippen molar-refractivity contribution in [2.45, 2.75) is 6.92 Å². The first-order chi connectivity index (χ1) is 18.3. The molecule has 4 rings (SSSR count). The summed E-state index contributed by atoms with van der Waals surface area (Å²) in [6.07, 6.45) is 2.52. The highest BCUT2D eigenvalue weighted by Gasteiger charge is 2.16. The number of anilines is 1. The summed E-state index contributed by atoms with van der Waals surface area (Å²) in [5.41, 5.74) is 4.03. The fourth-order valence-electron chi connectivity index (χ4n) is 3.30. The number of non-ortho nitro benzene ring substituents is 1. The van der Waals surface area contributed by atoms with Crippen LogP contribution in [0.25, 0.3) is 0 Å².